The monoisotopic (exact) mass is 343 g/mol. The van der Waals surface area contributed by atoms with Crippen LogP contribution in [0.25, 0.3) is 0 Å². The number of hydrogen-bond donors (Lipinski definition) is 0. The fraction of sp³-hybridized carbons (Fsp3) is 0.350. The molecule has 0 heterocycles. The van der Waals surface area contributed by atoms with E-state index in [0.29, 0.717) is 18.7 Å². The minimum Gasteiger partial charge on any atom is -0.497 e. The van der Waals surface area contributed by atoms with Gasteiger partial charge in [-0.15, -0.1) is 0 Å². The molecule has 0 aliphatic rings. The Kier molecular flexibility index (Phi) is 7.14. The molecule has 0 saturated carbocycles. The van der Waals surface area contributed by atoms with Crippen LogP contribution < -0.4 is 14.4 Å². The van der Waals surface area contributed by atoms with Gasteiger partial charge in [-0.2, -0.15) is 0 Å². The first kappa shape index (κ1) is 18.6. The molecule has 0 fully saturated rings. The van der Waals surface area contributed by atoms with Gasteiger partial charge >= 0.3 is 6.16 Å². The first-order valence-electron chi connectivity index (χ1n) is 8.48. The number of benzene rings is 2. The number of rotatable bonds is 8. The zero-order chi connectivity index (χ0) is 18.1. The predicted molar refractivity (Wildman–Crippen MR) is 98.5 cm³/mol. The van der Waals surface area contributed by atoms with Crippen LogP contribution in [-0.2, 0) is 4.74 Å². The first-order chi connectivity index (χ1) is 12.2. The fourth-order valence-electron chi connectivity index (χ4n) is 2.46. The summed E-state index contributed by atoms with van der Waals surface area (Å²) in [5, 5.41) is 0. The molecule has 0 spiro atoms. The Morgan fingerprint density at radius 2 is 1.76 bits per heavy atom. The molecule has 5 nitrogen and oxygen atoms in total. The second-order valence-electron chi connectivity index (χ2n) is 5.55. The second-order valence-corrected chi connectivity index (χ2v) is 5.55. The minimum atomic E-state index is -0.681. The molecule has 0 amide bonds. The Balaban J connectivity index is 1.97. The molecule has 2 rings (SSSR count). The highest BCUT2D eigenvalue weighted by Gasteiger charge is 2.18. The largest absolute Gasteiger partial charge is 0.514 e. The summed E-state index contributed by atoms with van der Waals surface area (Å²) in [5.74, 6) is 1.27. The van der Waals surface area contributed by atoms with E-state index in [1.807, 2.05) is 49.4 Å². The normalized spacial score (nSPS) is 11.5. The maximum Gasteiger partial charge on any atom is 0.514 e. The molecular weight excluding hydrogens is 318 g/mol. The number of anilines is 1. The highest BCUT2D eigenvalue weighted by Crippen LogP contribution is 2.22. The van der Waals surface area contributed by atoms with Crippen molar-refractivity contribution in [3.63, 3.8) is 0 Å². The number of hydrogen-bond acceptors (Lipinski definition) is 5. The lowest BCUT2D eigenvalue weighted by molar-refractivity contribution is 0.0594. The number of methoxy groups -OCH3 is 1. The lowest BCUT2D eigenvalue weighted by Crippen LogP contribution is -2.35. The SMILES string of the molecule is CCC(CN(CC)c1cccc(OC)c1)OC(=O)Oc1ccccc1. The summed E-state index contributed by atoms with van der Waals surface area (Å²) in [6.45, 7) is 5.43. The maximum atomic E-state index is 12.0. The van der Waals surface area contributed by atoms with Crippen LogP contribution in [0, 0.1) is 0 Å². The first-order valence-corrected chi connectivity index (χ1v) is 8.48. The van der Waals surface area contributed by atoms with Crippen molar-refractivity contribution in [2.75, 3.05) is 25.1 Å². The Morgan fingerprint density at radius 3 is 2.40 bits per heavy atom. The zero-order valence-corrected chi connectivity index (χ0v) is 15.0. The molecule has 2 aromatic carbocycles. The summed E-state index contributed by atoms with van der Waals surface area (Å²) < 4.78 is 16.0. The van der Waals surface area contributed by atoms with Crippen LogP contribution in [0.2, 0.25) is 0 Å². The van der Waals surface area contributed by atoms with Crippen molar-refractivity contribution in [2.45, 2.75) is 26.4 Å². The van der Waals surface area contributed by atoms with Crippen molar-refractivity contribution >= 4 is 11.8 Å². The van der Waals surface area contributed by atoms with Gasteiger partial charge in [0.25, 0.3) is 0 Å². The summed E-state index contributed by atoms with van der Waals surface area (Å²) >= 11 is 0. The van der Waals surface area contributed by atoms with Gasteiger partial charge in [-0.05, 0) is 37.6 Å². The van der Waals surface area contributed by atoms with Crippen LogP contribution in [0.1, 0.15) is 20.3 Å². The topological polar surface area (TPSA) is 48.0 Å². The van der Waals surface area contributed by atoms with E-state index < -0.39 is 6.16 Å². The van der Waals surface area contributed by atoms with E-state index in [2.05, 4.69) is 11.8 Å². The molecule has 0 aliphatic heterocycles. The maximum absolute atomic E-state index is 12.0. The van der Waals surface area contributed by atoms with Crippen molar-refractivity contribution in [1.82, 2.24) is 0 Å². The molecule has 0 N–H and O–H groups in total. The highest BCUT2D eigenvalue weighted by molar-refractivity contribution is 5.64. The molecule has 25 heavy (non-hydrogen) atoms. The molecule has 0 bridgehead atoms. The number of likely N-dealkylation sites (N-methyl/N-ethyl adjacent to an activating group) is 1. The Bertz CT molecular complexity index is 660. The number of ether oxygens (including phenoxy) is 3. The summed E-state index contributed by atoms with van der Waals surface area (Å²) in [4.78, 5) is 14.2. The third-order valence-corrected chi connectivity index (χ3v) is 3.89. The number of nitrogens with zero attached hydrogens (tertiary/aromatic N) is 1. The Morgan fingerprint density at radius 1 is 1.04 bits per heavy atom. The number of carbonyl (C=O) groups excluding carboxylic acids is 1. The van der Waals surface area contributed by atoms with Gasteiger partial charge < -0.3 is 19.1 Å². The second kappa shape index (κ2) is 9.57. The average molecular weight is 343 g/mol. The van der Waals surface area contributed by atoms with Crippen molar-refractivity contribution in [3.05, 3.63) is 54.6 Å². The van der Waals surface area contributed by atoms with E-state index >= 15 is 0 Å². The minimum absolute atomic E-state index is 0.262. The molecule has 0 radical (unpaired) electrons. The van der Waals surface area contributed by atoms with E-state index in [-0.39, 0.29) is 6.10 Å². The van der Waals surface area contributed by atoms with Crippen LogP contribution >= 0.6 is 0 Å². The summed E-state index contributed by atoms with van der Waals surface area (Å²) in [6, 6.07) is 16.8. The van der Waals surface area contributed by atoms with E-state index in [1.165, 1.54) is 0 Å². The van der Waals surface area contributed by atoms with Crippen LogP contribution in [-0.4, -0.2) is 32.5 Å². The van der Waals surface area contributed by atoms with Crippen molar-refractivity contribution in [3.8, 4) is 11.5 Å². The molecule has 1 atom stereocenters. The van der Waals surface area contributed by atoms with Crippen molar-refractivity contribution < 1.29 is 19.0 Å². The van der Waals surface area contributed by atoms with Gasteiger partial charge in [-0.25, -0.2) is 4.79 Å². The lowest BCUT2D eigenvalue weighted by atomic mass is 10.2. The van der Waals surface area contributed by atoms with Crippen LogP contribution in [0.4, 0.5) is 10.5 Å². The van der Waals surface area contributed by atoms with Gasteiger partial charge in [-0.1, -0.05) is 31.2 Å². The van der Waals surface area contributed by atoms with Crippen LogP contribution in [0.5, 0.6) is 11.5 Å². The predicted octanol–water partition coefficient (Wildman–Crippen LogP) is 4.52. The number of para-hydroxylation sites is 1. The Hall–Kier alpha value is -2.69. The molecule has 0 aromatic heterocycles. The zero-order valence-electron chi connectivity index (χ0n) is 15.0. The molecular formula is C20H25NO4. The summed E-state index contributed by atoms with van der Waals surface area (Å²) in [7, 11) is 1.65. The molecule has 0 aliphatic carbocycles. The van der Waals surface area contributed by atoms with Crippen LogP contribution in [0.3, 0.4) is 0 Å². The quantitative estimate of drug-likeness (QED) is 0.521. The average Bonchev–Trinajstić information content (AvgIpc) is 2.65. The molecule has 2 aromatic rings. The third kappa shape index (κ3) is 5.71. The summed E-state index contributed by atoms with van der Waals surface area (Å²) in [5.41, 5.74) is 1.03. The smallest absolute Gasteiger partial charge is 0.497 e. The highest BCUT2D eigenvalue weighted by atomic mass is 16.7. The van der Waals surface area contributed by atoms with Gasteiger partial charge in [0.15, 0.2) is 0 Å². The van der Waals surface area contributed by atoms with Crippen molar-refractivity contribution in [2.24, 2.45) is 0 Å². The van der Waals surface area contributed by atoms with Gasteiger partial charge in [0, 0.05) is 18.3 Å². The van der Waals surface area contributed by atoms with Gasteiger partial charge in [0.2, 0.25) is 0 Å². The third-order valence-electron chi connectivity index (χ3n) is 3.89. The Labute approximate surface area is 149 Å². The molecule has 1 unspecified atom stereocenters. The lowest BCUT2D eigenvalue weighted by Gasteiger charge is -2.27. The van der Waals surface area contributed by atoms with Gasteiger partial charge in [0.05, 0.1) is 13.7 Å². The summed E-state index contributed by atoms with van der Waals surface area (Å²) in [6.07, 6.45) is -0.244. The standard InChI is InChI=1S/C20H25NO4/c1-4-17(24-20(22)25-18-11-7-6-8-12-18)15-21(5-2)16-10-9-13-19(14-16)23-3/h6-14,17H,4-5,15H2,1-3H3. The van der Waals surface area contributed by atoms with E-state index in [1.54, 1.807) is 19.2 Å². The van der Waals surface area contributed by atoms with Gasteiger partial charge in [0.1, 0.15) is 17.6 Å². The molecule has 5 heteroatoms. The van der Waals surface area contributed by atoms with E-state index in [9.17, 15) is 4.79 Å². The van der Waals surface area contributed by atoms with Crippen LogP contribution in [0.15, 0.2) is 54.6 Å². The number of carbonyl (C=O) groups is 1. The fourth-order valence-corrected chi connectivity index (χ4v) is 2.46. The van der Waals surface area contributed by atoms with E-state index in [4.69, 9.17) is 14.2 Å². The molecule has 134 valence electrons. The molecule has 0 saturated heterocycles. The van der Waals surface area contributed by atoms with Crippen molar-refractivity contribution in [1.29, 1.82) is 0 Å². The van der Waals surface area contributed by atoms with Gasteiger partial charge in [-0.3, -0.25) is 0 Å². The van der Waals surface area contributed by atoms with E-state index in [0.717, 1.165) is 18.0 Å².